The first-order valence-corrected chi connectivity index (χ1v) is 7.22. The van der Waals surface area contributed by atoms with Crippen LogP contribution in [0.25, 0.3) is 10.9 Å². The summed E-state index contributed by atoms with van der Waals surface area (Å²) in [6, 6.07) is 19.7. The monoisotopic (exact) mass is 294 g/mol. The Labute approximate surface area is 129 Å². The summed E-state index contributed by atoms with van der Waals surface area (Å²) in [5.74, 6) is 2.51. The minimum Gasteiger partial charge on any atom is -0.497 e. The van der Waals surface area contributed by atoms with Crippen molar-refractivity contribution in [3.63, 3.8) is 0 Å². The molecule has 0 saturated heterocycles. The predicted molar refractivity (Wildman–Crippen MR) is 88.7 cm³/mol. The summed E-state index contributed by atoms with van der Waals surface area (Å²) in [5.41, 5.74) is 0.989. The average molecular weight is 294 g/mol. The van der Waals surface area contributed by atoms with E-state index in [1.54, 1.807) is 7.11 Å². The van der Waals surface area contributed by atoms with Crippen molar-refractivity contribution in [1.82, 2.24) is 4.98 Å². The summed E-state index contributed by atoms with van der Waals surface area (Å²) in [6.07, 6.45) is 0. The summed E-state index contributed by atoms with van der Waals surface area (Å²) < 4.78 is 10.8. The zero-order valence-electron chi connectivity index (χ0n) is 12.5. The van der Waals surface area contributed by atoms with Gasteiger partial charge < -0.3 is 14.8 Å². The maximum Gasteiger partial charge on any atom is 0.126 e. The maximum atomic E-state index is 5.67. The van der Waals surface area contributed by atoms with Crippen LogP contribution in [-0.4, -0.2) is 25.2 Å². The van der Waals surface area contributed by atoms with Gasteiger partial charge in [-0.05, 0) is 42.5 Å². The van der Waals surface area contributed by atoms with Crippen LogP contribution >= 0.6 is 0 Å². The van der Waals surface area contributed by atoms with Crippen LogP contribution in [0.5, 0.6) is 11.5 Å². The van der Waals surface area contributed by atoms with Gasteiger partial charge in [-0.15, -0.1) is 0 Å². The third-order valence-electron chi connectivity index (χ3n) is 3.33. The van der Waals surface area contributed by atoms with Gasteiger partial charge in [0.1, 0.15) is 23.9 Å². The van der Waals surface area contributed by atoms with Crippen LogP contribution in [0, 0.1) is 0 Å². The van der Waals surface area contributed by atoms with Crippen molar-refractivity contribution >= 4 is 16.7 Å². The Balaban J connectivity index is 1.51. The molecule has 0 amide bonds. The first-order chi connectivity index (χ1) is 10.8. The molecule has 0 fully saturated rings. The van der Waals surface area contributed by atoms with Gasteiger partial charge in [0.2, 0.25) is 0 Å². The lowest BCUT2D eigenvalue weighted by atomic mass is 10.2. The Kier molecular flexibility index (Phi) is 4.39. The highest BCUT2D eigenvalue weighted by atomic mass is 16.5. The molecule has 0 saturated carbocycles. The number of hydrogen-bond acceptors (Lipinski definition) is 4. The fraction of sp³-hybridized carbons (Fsp3) is 0.167. The number of para-hydroxylation sites is 1. The first kappa shape index (κ1) is 14.2. The van der Waals surface area contributed by atoms with Crippen molar-refractivity contribution in [2.45, 2.75) is 0 Å². The van der Waals surface area contributed by atoms with Crippen molar-refractivity contribution < 1.29 is 9.47 Å². The number of pyridine rings is 1. The Hall–Kier alpha value is -2.75. The molecule has 22 heavy (non-hydrogen) atoms. The second-order valence-corrected chi connectivity index (χ2v) is 4.84. The molecule has 1 N–H and O–H groups in total. The van der Waals surface area contributed by atoms with E-state index in [-0.39, 0.29) is 0 Å². The van der Waals surface area contributed by atoms with Crippen molar-refractivity contribution in [2.75, 3.05) is 25.6 Å². The number of fused-ring (bicyclic) bond motifs is 1. The first-order valence-electron chi connectivity index (χ1n) is 7.22. The normalized spacial score (nSPS) is 10.4. The molecule has 0 radical (unpaired) electrons. The molecule has 1 aromatic heterocycles. The zero-order chi connectivity index (χ0) is 15.2. The van der Waals surface area contributed by atoms with Crippen LogP contribution < -0.4 is 14.8 Å². The van der Waals surface area contributed by atoms with Gasteiger partial charge in [-0.25, -0.2) is 4.98 Å². The molecule has 4 nitrogen and oxygen atoms in total. The number of nitrogens with zero attached hydrogens (tertiary/aromatic N) is 1. The van der Waals surface area contributed by atoms with Gasteiger partial charge in [-0.1, -0.05) is 18.2 Å². The van der Waals surface area contributed by atoms with Crippen LogP contribution in [0.15, 0.2) is 60.7 Å². The largest absolute Gasteiger partial charge is 0.497 e. The topological polar surface area (TPSA) is 43.4 Å². The predicted octanol–water partition coefficient (Wildman–Crippen LogP) is 3.73. The van der Waals surface area contributed by atoms with Gasteiger partial charge in [0, 0.05) is 5.39 Å². The third-order valence-corrected chi connectivity index (χ3v) is 3.33. The molecule has 4 heteroatoms. The Bertz CT molecular complexity index is 741. The highest BCUT2D eigenvalue weighted by molar-refractivity contribution is 5.79. The Morgan fingerprint density at radius 1 is 0.909 bits per heavy atom. The highest BCUT2D eigenvalue weighted by Gasteiger charge is 1.98. The number of methoxy groups -OCH3 is 1. The van der Waals surface area contributed by atoms with Gasteiger partial charge in [0.05, 0.1) is 19.2 Å². The summed E-state index contributed by atoms with van der Waals surface area (Å²) in [5, 5.41) is 4.41. The van der Waals surface area contributed by atoms with Crippen molar-refractivity contribution in [1.29, 1.82) is 0 Å². The fourth-order valence-corrected chi connectivity index (χ4v) is 2.18. The molecule has 3 aromatic rings. The van der Waals surface area contributed by atoms with E-state index in [0.29, 0.717) is 13.2 Å². The molecule has 0 aliphatic carbocycles. The van der Waals surface area contributed by atoms with Crippen molar-refractivity contribution in [3.8, 4) is 11.5 Å². The van der Waals surface area contributed by atoms with E-state index in [2.05, 4.69) is 22.4 Å². The lowest BCUT2D eigenvalue weighted by Gasteiger charge is -2.09. The molecule has 0 aliphatic rings. The van der Waals surface area contributed by atoms with E-state index in [1.807, 2.05) is 48.5 Å². The Morgan fingerprint density at radius 3 is 2.50 bits per heavy atom. The standard InChI is InChI=1S/C18H18N2O2/c1-21-15-7-9-16(10-8-15)22-13-12-19-18-11-6-14-4-2-3-5-17(14)20-18/h2-11H,12-13H2,1H3,(H,19,20). The summed E-state index contributed by atoms with van der Waals surface area (Å²) in [7, 11) is 1.65. The van der Waals surface area contributed by atoms with Gasteiger partial charge in [-0.2, -0.15) is 0 Å². The molecular weight excluding hydrogens is 276 g/mol. The molecule has 0 atom stereocenters. The number of ether oxygens (including phenoxy) is 2. The van der Waals surface area contributed by atoms with Gasteiger partial charge >= 0.3 is 0 Å². The molecular formula is C18H18N2O2. The van der Waals surface area contributed by atoms with E-state index < -0.39 is 0 Å². The molecule has 112 valence electrons. The van der Waals surface area contributed by atoms with Crippen LogP contribution in [0.3, 0.4) is 0 Å². The number of aromatic nitrogens is 1. The van der Waals surface area contributed by atoms with Crippen molar-refractivity contribution in [2.24, 2.45) is 0 Å². The molecule has 3 rings (SSSR count). The van der Waals surface area contributed by atoms with Crippen LogP contribution in [0.1, 0.15) is 0 Å². The summed E-state index contributed by atoms with van der Waals surface area (Å²) in [4.78, 5) is 4.56. The average Bonchev–Trinajstić information content (AvgIpc) is 2.59. The van der Waals surface area contributed by atoms with E-state index in [9.17, 15) is 0 Å². The fourth-order valence-electron chi connectivity index (χ4n) is 2.18. The molecule has 0 bridgehead atoms. The third kappa shape index (κ3) is 3.47. The van der Waals surface area contributed by atoms with Gasteiger partial charge in [0.25, 0.3) is 0 Å². The van der Waals surface area contributed by atoms with Gasteiger partial charge in [0.15, 0.2) is 0 Å². The second kappa shape index (κ2) is 6.80. The van der Waals surface area contributed by atoms with Crippen LogP contribution in [0.2, 0.25) is 0 Å². The summed E-state index contributed by atoms with van der Waals surface area (Å²) >= 11 is 0. The number of rotatable bonds is 6. The molecule has 0 spiro atoms. The molecule has 2 aromatic carbocycles. The number of hydrogen-bond donors (Lipinski definition) is 1. The van der Waals surface area contributed by atoms with Crippen LogP contribution in [-0.2, 0) is 0 Å². The van der Waals surface area contributed by atoms with E-state index in [1.165, 1.54) is 0 Å². The maximum absolute atomic E-state index is 5.67. The second-order valence-electron chi connectivity index (χ2n) is 4.84. The van der Waals surface area contributed by atoms with Crippen LogP contribution in [0.4, 0.5) is 5.82 Å². The highest BCUT2D eigenvalue weighted by Crippen LogP contribution is 2.17. The number of benzene rings is 2. The number of nitrogens with one attached hydrogen (secondary N) is 1. The van der Waals surface area contributed by atoms with E-state index in [4.69, 9.17) is 9.47 Å². The van der Waals surface area contributed by atoms with Crippen molar-refractivity contribution in [3.05, 3.63) is 60.7 Å². The quantitative estimate of drug-likeness (QED) is 0.703. The van der Waals surface area contributed by atoms with E-state index >= 15 is 0 Å². The zero-order valence-corrected chi connectivity index (χ0v) is 12.5. The summed E-state index contributed by atoms with van der Waals surface area (Å²) in [6.45, 7) is 1.26. The SMILES string of the molecule is COc1ccc(OCCNc2ccc3ccccc3n2)cc1. The molecule has 1 heterocycles. The number of anilines is 1. The Morgan fingerprint density at radius 2 is 1.68 bits per heavy atom. The molecule has 0 unspecified atom stereocenters. The lowest BCUT2D eigenvalue weighted by Crippen LogP contribution is -2.12. The minimum absolute atomic E-state index is 0.570. The lowest BCUT2D eigenvalue weighted by molar-refractivity contribution is 0.331. The molecule has 0 aliphatic heterocycles. The van der Waals surface area contributed by atoms with Gasteiger partial charge in [-0.3, -0.25) is 0 Å². The minimum atomic E-state index is 0.570. The smallest absolute Gasteiger partial charge is 0.126 e. The van der Waals surface area contributed by atoms with E-state index in [0.717, 1.165) is 28.2 Å².